The van der Waals surface area contributed by atoms with E-state index in [1.54, 1.807) is 13.8 Å². The van der Waals surface area contributed by atoms with E-state index in [4.69, 9.17) is 4.42 Å². The second-order valence-electron chi connectivity index (χ2n) is 7.71. The lowest BCUT2D eigenvalue weighted by molar-refractivity contribution is -0.540. The van der Waals surface area contributed by atoms with Gasteiger partial charge in [0.05, 0.1) is 0 Å². The fraction of sp³-hybridized carbons (Fsp3) is 0.667. The van der Waals surface area contributed by atoms with E-state index >= 15 is 0 Å². The van der Waals surface area contributed by atoms with Gasteiger partial charge in [0.15, 0.2) is 5.54 Å². The number of nitrogens with zero attached hydrogens (tertiary/aromatic N) is 1. The summed E-state index contributed by atoms with van der Waals surface area (Å²) in [7, 11) is -5.71. The van der Waals surface area contributed by atoms with Gasteiger partial charge in [-0.3, -0.25) is 0 Å². The Morgan fingerprint density at radius 2 is 1.58 bits per heavy atom. The fourth-order valence-electron chi connectivity index (χ4n) is 2.67. The zero-order chi connectivity index (χ0) is 20.6. The molecule has 0 unspecified atom stereocenters. The van der Waals surface area contributed by atoms with E-state index in [0.717, 1.165) is 12.3 Å². The molecular weight excluding hydrogens is 382 g/mol. The summed E-state index contributed by atoms with van der Waals surface area (Å²) < 4.78 is 58.1. The summed E-state index contributed by atoms with van der Waals surface area (Å²) in [5.74, 6) is -0.356. The molecule has 0 radical (unpaired) electrons. The molecular formula is C15H27N3O6S2. The van der Waals surface area contributed by atoms with Crippen molar-refractivity contribution >= 4 is 26.3 Å². The second kappa shape index (κ2) is 7.29. The van der Waals surface area contributed by atoms with E-state index in [1.807, 2.05) is 25.5 Å². The fourth-order valence-corrected chi connectivity index (χ4v) is 4.26. The average Bonchev–Trinajstić information content (AvgIpc) is 2.90. The van der Waals surface area contributed by atoms with E-state index < -0.39 is 35.6 Å². The lowest BCUT2D eigenvalue weighted by Crippen LogP contribution is -2.37. The average molecular weight is 410 g/mol. The minimum absolute atomic E-state index is 0.149. The molecule has 0 aliphatic carbocycles. The topological polar surface area (TPSA) is 132 Å². The molecule has 1 aromatic rings. The number of rotatable bonds is 7. The molecule has 11 heteroatoms. The van der Waals surface area contributed by atoms with E-state index in [9.17, 15) is 22.0 Å². The molecule has 9 nitrogen and oxygen atoms in total. The number of hydrogen-bond donors (Lipinski definition) is 2. The number of furan rings is 1. The van der Waals surface area contributed by atoms with E-state index in [1.165, 1.54) is 14.1 Å². The van der Waals surface area contributed by atoms with Gasteiger partial charge >= 0.3 is 0 Å². The quantitative estimate of drug-likeness (QED) is 0.301. The lowest BCUT2D eigenvalue weighted by atomic mass is 9.82. The molecule has 0 fully saturated rings. The van der Waals surface area contributed by atoms with Crippen LogP contribution < -0.4 is 9.44 Å². The first-order valence-corrected chi connectivity index (χ1v) is 10.8. The second-order valence-corrected chi connectivity index (χ2v) is 11.4. The third-order valence-electron chi connectivity index (χ3n) is 3.59. The Morgan fingerprint density at radius 3 is 2.00 bits per heavy atom. The Balaban J connectivity index is 3.56. The predicted molar refractivity (Wildman–Crippen MR) is 98.1 cm³/mol. The standard InChI is InChI=1S/C15H27N3O6S2/c1-14(2,3)10-15(4,5)18(19)9-11-12(25(20,21)16-6)8-13(24-11)26(22,23)17-7/h8-9,16-17H,10H2,1-7H3. The van der Waals surface area contributed by atoms with Crippen molar-refractivity contribution in [2.45, 2.75) is 56.6 Å². The third kappa shape index (κ3) is 5.29. The van der Waals surface area contributed by atoms with Gasteiger partial charge in [0, 0.05) is 26.3 Å². The molecule has 0 aromatic carbocycles. The van der Waals surface area contributed by atoms with Gasteiger partial charge in [0.2, 0.25) is 27.1 Å². The Bertz CT molecular complexity index is 890. The molecule has 0 aliphatic heterocycles. The van der Waals surface area contributed by atoms with Crippen LogP contribution in [0, 0.1) is 10.6 Å². The Morgan fingerprint density at radius 1 is 1.08 bits per heavy atom. The van der Waals surface area contributed by atoms with Gasteiger partial charge < -0.3 is 9.62 Å². The van der Waals surface area contributed by atoms with E-state index in [0.29, 0.717) is 11.2 Å². The van der Waals surface area contributed by atoms with E-state index in [2.05, 4.69) is 4.72 Å². The first-order chi connectivity index (χ1) is 11.6. The first-order valence-electron chi connectivity index (χ1n) is 7.88. The monoisotopic (exact) mass is 409 g/mol. The van der Waals surface area contributed by atoms with Crippen LogP contribution >= 0.6 is 0 Å². The van der Waals surface area contributed by atoms with Gasteiger partial charge in [0.1, 0.15) is 4.90 Å². The van der Waals surface area contributed by atoms with Gasteiger partial charge in [-0.1, -0.05) is 20.8 Å². The molecule has 0 amide bonds. The highest BCUT2D eigenvalue weighted by molar-refractivity contribution is 7.90. The van der Waals surface area contributed by atoms with Crippen LogP contribution in [0.1, 0.15) is 46.8 Å². The van der Waals surface area contributed by atoms with Crippen molar-refractivity contribution in [3.63, 3.8) is 0 Å². The number of hydroxylamine groups is 1. The molecule has 0 atom stereocenters. The Kier molecular flexibility index (Phi) is 6.34. The first kappa shape index (κ1) is 22.6. The maximum Gasteiger partial charge on any atom is 0.273 e. The van der Waals surface area contributed by atoms with Crippen LogP contribution in [0.15, 0.2) is 20.5 Å². The normalized spacial score (nSPS) is 14.7. The highest BCUT2D eigenvalue weighted by Crippen LogP contribution is 2.29. The largest absolute Gasteiger partial charge is 0.623 e. The van der Waals surface area contributed by atoms with Gasteiger partial charge in [-0.25, -0.2) is 31.0 Å². The third-order valence-corrected chi connectivity index (χ3v) is 6.29. The Labute approximate surface area is 155 Å². The molecule has 26 heavy (non-hydrogen) atoms. The number of hydrogen-bond acceptors (Lipinski definition) is 6. The van der Waals surface area contributed by atoms with Crippen molar-refractivity contribution in [1.29, 1.82) is 0 Å². The van der Waals surface area contributed by atoms with Crippen LogP contribution in [0.5, 0.6) is 0 Å². The molecule has 2 N–H and O–H groups in total. The molecule has 0 bridgehead atoms. The zero-order valence-corrected chi connectivity index (χ0v) is 17.7. The van der Waals surface area contributed by atoms with Crippen LogP contribution in [0.4, 0.5) is 0 Å². The number of sulfonamides is 2. The van der Waals surface area contributed by atoms with Crippen LogP contribution in [0.2, 0.25) is 0 Å². The maximum atomic E-state index is 12.6. The summed E-state index contributed by atoms with van der Waals surface area (Å²) in [5.41, 5.74) is -1.02. The molecule has 1 rings (SSSR count). The van der Waals surface area contributed by atoms with Crippen molar-refractivity contribution in [1.82, 2.24) is 9.44 Å². The van der Waals surface area contributed by atoms with Crippen LogP contribution in [-0.2, 0) is 20.0 Å². The van der Waals surface area contributed by atoms with Crippen molar-refractivity contribution in [3.8, 4) is 0 Å². The highest BCUT2D eigenvalue weighted by atomic mass is 32.2. The van der Waals surface area contributed by atoms with Gasteiger partial charge in [-0.15, -0.1) is 0 Å². The molecule has 0 saturated carbocycles. The molecule has 1 heterocycles. The maximum absolute atomic E-state index is 12.6. The Hall–Kier alpha value is -1.43. The van der Waals surface area contributed by atoms with Crippen LogP contribution in [-0.4, -0.2) is 47.4 Å². The summed E-state index contributed by atoms with van der Waals surface area (Å²) in [6.07, 6.45) is 1.47. The minimum Gasteiger partial charge on any atom is -0.623 e. The van der Waals surface area contributed by atoms with Crippen molar-refractivity contribution in [3.05, 3.63) is 17.0 Å². The van der Waals surface area contributed by atoms with Crippen LogP contribution in [0.25, 0.3) is 0 Å². The van der Waals surface area contributed by atoms with Crippen molar-refractivity contribution in [2.24, 2.45) is 5.41 Å². The molecule has 150 valence electrons. The summed E-state index contributed by atoms with van der Waals surface area (Å²) in [6.45, 7) is 9.35. The van der Waals surface area contributed by atoms with Gasteiger partial charge in [-0.05, 0) is 19.5 Å². The predicted octanol–water partition coefficient (Wildman–Crippen LogP) is 1.24. The highest BCUT2D eigenvalue weighted by Gasteiger charge is 2.34. The van der Waals surface area contributed by atoms with E-state index in [-0.39, 0.29) is 11.2 Å². The molecule has 1 aromatic heterocycles. The van der Waals surface area contributed by atoms with Crippen molar-refractivity contribution in [2.75, 3.05) is 14.1 Å². The summed E-state index contributed by atoms with van der Waals surface area (Å²) in [6, 6.07) is 0.869. The molecule has 0 aliphatic rings. The summed E-state index contributed by atoms with van der Waals surface area (Å²) in [5, 5.41) is 12.0. The summed E-state index contributed by atoms with van der Waals surface area (Å²) in [4.78, 5) is -0.429. The van der Waals surface area contributed by atoms with Crippen LogP contribution in [0.3, 0.4) is 0 Å². The zero-order valence-electron chi connectivity index (χ0n) is 16.1. The SMILES string of the molecule is CNS(=O)(=O)c1cc(S(=O)(=O)NC)c(C=[N+]([O-])C(C)(C)CC(C)(C)C)o1. The van der Waals surface area contributed by atoms with Crippen molar-refractivity contribution < 1.29 is 26.0 Å². The smallest absolute Gasteiger partial charge is 0.273 e. The minimum atomic E-state index is -4.04. The van der Waals surface area contributed by atoms with Gasteiger partial charge in [-0.2, -0.15) is 0 Å². The number of nitrogens with one attached hydrogen (secondary N) is 2. The molecule has 0 spiro atoms. The lowest BCUT2D eigenvalue weighted by Gasteiger charge is -2.30. The summed E-state index contributed by atoms with van der Waals surface area (Å²) >= 11 is 0. The molecule has 0 saturated heterocycles. The van der Waals surface area contributed by atoms with Gasteiger partial charge in [0.25, 0.3) is 10.0 Å².